The molecule has 0 saturated heterocycles. The zero-order valence-corrected chi connectivity index (χ0v) is 13.2. The number of hydrogen-bond donors (Lipinski definition) is 0. The molecule has 3 aromatic rings. The largest absolute Gasteiger partial charge is 0.494 e. The molecule has 114 valence electrons. The van der Waals surface area contributed by atoms with Gasteiger partial charge in [-0.15, -0.1) is 0 Å². The smallest absolute Gasteiger partial charge is 0.119 e. The van der Waals surface area contributed by atoms with Crippen LogP contribution in [0.1, 0.15) is 25.3 Å². The maximum absolute atomic E-state index is 5.73. The van der Waals surface area contributed by atoms with E-state index in [4.69, 9.17) is 4.74 Å². The Hall–Kier alpha value is -2.22. The van der Waals surface area contributed by atoms with Crippen LogP contribution >= 0.6 is 0 Å². The zero-order chi connectivity index (χ0) is 15.2. The van der Waals surface area contributed by atoms with Crippen molar-refractivity contribution in [2.75, 3.05) is 6.61 Å². The molecule has 0 aliphatic rings. The number of ether oxygens (including phenoxy) is 1. The number of unbranched alkanes of at least 4 members (excludes halogenated alkanes) is 1. The summed E-state index contributed by atoms with van der Waals surface area (Å²) < 4.78 is 8.08. The number of aromatic nitrogens is 1. The Bertz CT molecular complexity index is 715. The molecule has 0 bridgehead atoms. The van der Waals surface area contributed by atoms with Crippen molar-refractivity contribution in [1.82, 2.24) is 4.57 Å². The third-order valence-electron chi connectivity index (χ3n) is 4.05. The molecule has 0 atom stereocenters. The van der Waals surface area contributed by atoms with Gasteiger partial charge in [0.1, 0.15) is 5.75 Å². The average molecular weight is 293 g/mol. The second kappa shape index (κ2) is 7.17. The molecule has 1 aromatic heterocycles. The lowest BCUT2D eigenvalue weighted by molar-refractivity contribution is 0.303. The van der Waals surface area contributed by atoms with Crippen LogP contribution in [-0.2, 0) is 13.0 Å². The van der Waals surface area contributed by atoms with E-state index in [2.05, 4.69) is 42.0 Å². The molecule has 0 amide bonds. The van der Waals surface area contributed by atoms with Crippen molar-refractivity contribution >= 4 is 10.9 Å². The monoisotopic (exact) mass is 293 g/mol. The van der Waals surface area contributed by atoms with Gasteiger partial charge in [0.2, 0.25) is 0 Å². The highest BCUT2D eigenvalue weighted by Gasteiger charge is 2.02. The first-order valence-corrected chi connectivity index (χ1v) is 8.12. The molecule has 2 heteroatoms. The van der Waals surface area contributed by atoms with Crippen molar-refractivity contribution in [3.63, 3.8) is 0 Å². The highest BCUT2D eigenvalue weighted by Crippen LogP contribution is 2.19. The van der Waals surface area contributed by atoms with Crippen LogP contribution in [0.25, 0.3) is 10.9 Å². The molecule has 0 unspecified atom stereocenters. The summed E-state index contributed by atoms with van der Waals surface area (Å²) >= 11 is 0. The maximum Gasteiger partial charge on any atom is 0.119 e. The van der Waals surface area contributed by atoms with Gasteiger partial charge >= 0.3 is 0 Å². The second-order valence-corrected chi connectivity index (χ2v) is 5.62. The van der Waals surface area contributed by atoms with Crippen molar-refractivity contribution in [2.24, 2.45) is 0 Å². The van der Waals surface area contributed by atoms with E-state index in [0.29, 0.717) is 0 Å². The highest BCUT2D eigenvalue weighted by molar-refractivity contribution is 5.80. The zero-order valence-electron chi connectivity index (χ0n) is 13.2. The Balaban J connectivity index is 1.49. The van der Waals surface area contributed by atoms with Gasteiger partial charge in [-0.05, 0) is 60.5 Å². The summed E-state index contributed by atoms with van der Waals surface area (Å²) in [5, 5.41) is 1.35. The molecule has 3 rings (SSSR count). The molecule has 22 heavy (non-hydrogen) atoms. The third-order valence-corrected chi connectivity index (χ3v) is 4.05. The summed E-state index contributed by atoms with van der Waals surface area (Å²) in [6.07, 6.45) is 5.49. The van der Waals surface area contributed by atoms with Crippen LogP contribution in [0.4, 0.5) is 0 Å². The Morgan fingerprint density at radius 2 is 1.82 bits per heavy atom. The Kier molecular flexibility index (Phi) is 4.79. The van der Waals surface area contributed by atoms with Crippen molar-refractivity contribution in [3.8, 4) is 5.75 Å². The standard InChI is InChI=1S/C20H23NO/c1-2-17-10-11-20-18(16-17)12-14-21(20)13-6-7-15-22-19-8-4-3-5-9-19/h3-5,8-12,14,16H,2,6-7,13,15H2,1H3. The Morgan fingerprint density at radius 1 is 0.955 bits per heavy atom. The molecular weight excluding hydrogens is 270 g/mol. The fourth-order valence-electron chi connectivity index (χ4n) is 2.76. The minimum atomic E-state index is 0.781. The van der Waals surface area contributed by atoms with E-state index in [-0.39, 0.29) is 0 Å². The molecule has 0 aliphatic heterocycles. The quantitative estimate of drug-likeness (QED) is 0.555. The molecule has 0 spiro atoms. The van der Waals surface area contributed by atoms with Crippen molar-refractivity contribution in [2.45, 2.75) is 32.7 Å². The van der Waals surface area contributed by atoms with Crippen molar-refractivity contribution in [3.05, 3.63) is 66.4 Å². The summed E-state index contributed by atoms with van der Waals surface area (Å²) in [7, 11) is 0. The maximum atomic E-state index is 5.73. The average Bonchev–Trinajstić information content (AvgIpc) is 2.97. The normalized spacial score (nSPS) is 11.0. The fraction of sp³-hybridized carbons (Fsp3) is 0.300. The van der Waals surface area contributed by atoms with Gasteiger partial charge in [0.25, 0.3) is 0 Å². The number of aryl methyl sites for hydroxylation is 2. The molecule has 1 heterocycles. The minimum absolute atomic E-state index is 0.781. The van der Waals surface area contributed by atoms with E-state index in [1.54, 1.807) is 0 Å². The highest BCUT2D eigenvalue weighted by atomic mass is 16.5. The second-order valence-electron chi connectivity index (χ2n) is 5.62. The molecule has 2 aromatic carbocycles. The number of nitrogens with zero attached hydrogens (tertiary/aromatic N) is 1. The third kappa shape index (κ3) is 3.51. The predicted molar refractivity (Wildman–Crippen MR) is 92.5 cm³/mol. The molecule has 0 saturated carbocycles. The molecule has 0 aliphatic carbocycles. The topological polar surface area (TPSA) is 14.2 Å². The van der Waals surface area contributed by atoms with Crippen LogP contribution in [0.15, 0.2) is 60.8 Å². The summed E-state index contributed by atoms with van der Waals surface area (Å²) in [6.45, 7) is 4.03. The van der Waals surface area contributed by atoms with Gasteiger partial charge in [-0.25, -0.2) is 0 Å². The van der Waals surface area contributed by atoms with Crippen LogP contribution in [0.3, 0.4) is 0 Å². The lowest BCUT2D eigenvalue weighted by atomic mass is 10.1. The van der Waals surface area contributed by atoms with Crippen LogP contribution in [0.2, 0.25) is 0 Å². The number of benzene rings is 2. The molecule has 0 radical (unpaired) electrons. The van der Waals surface area contributed by atoms with Gasteiger partial charge < -0.3 is 9.30 Å². The number of hydrogen-bond acceptors (Lipinski definition) is 1. The van der Waals surface area contributed by atoms with Crippen LogP contribution in [0, 0.1) is 0 Å². The number of rotatable bonds is 7. The van der Waals surface area contributed by atoms with E-state index in [9.17, 15) is 0 Å². The van der Waals surface area contributed by atoms with Crippen molar-refractivity contribution < 1.29 is 4.74 Å². The minimum Gasteiger partial charge on any atom is -0.494 e. The van der Waals surface area contributed by atoms with Crippen molar-refractivity contribution in [1.29, 1.82) is 0 Å². The van der Waals surface area contributed by atoms with Gasteiger partial charge in [0.15, 0.2) is 0 Å². The van der Waals surface area contributed by atoms with Gasteiger partial charge in [0, 0.05) is 18.3 Å². The summed E-state index contributed by atoms with van der Waals surface area (Å²) in [6, 6.07) is 19.0. The first-order valence-electron chi connectivity index (χ1n) is 8.12. The SMILES string of the molecule is CCc1ccc2c(ccn2CCCCOc2ccccc2)c1. The first-order chi connectivity index (χ1) is 10.9. The first kappa shape index (κ1) is 14.7. The summed E-state index contributed by atoms with van der Waals surface area (Å²) in [5.41, 5.74) is 2.74. The van der Waals surface area contributed by atoms with E-state index in [1.807, 2.05) is 30.3 Å². The van der Waals surface area contributed by atoms with Gasteiger partial charge in [-0.2, -0.15) is 0 Å². The molecule has 2 nitrogen and oxygen atoms in total. The van der Waals surface area contributed by atoms with Gasteiger partial charge in [-0.3, -0.25) is 0 Å². The van der Waals surface area contributed by atoms with Crippen LogP contribution in [0.5, 0.6) is 5.75 Å². The van der Waals surface area contributed by atoms with Crippen LogP contribution < -0.4 is 4.74 Å². The molecule has 0 N–H and O–H groups in total. The van der Waals surface area contributed by atoms with E-state index >= 15 is 0 Å². The van der Waals surface area contributed by atoms with Gasteiger partial charge in [0.05, 0.1) is 6.61 Å². The van der Waals surface area contributed by atoms with Gasteiger partial charge in [-0.1, -0.05) is 31.2 Å². The van der Waals surface area contributed by atoms with E-state index in [1.165, 1.54) is 16.5 Å². The fourth-order valence-corrected chi connectivity index (χ4v) is 2.76. The number of para-hydroxylation sites is 1. The molecular formula is C20H23NO. The number of fused-ring (bicyclic) bond motifs is 1. The summed E-state index contributed by atoms with van der Waals surface area (Å²) in [4.78, 5) is 0. The Morgan fingerprint density at radius 3 is 2.64 bits per heavy atom. The summed E-state index contributed by atoms with van der Waals surface area (Å²) in [5.74, 6) is 0.959. The van der Waals surface area contributed by atoms with Crippen LogP contribution in [-0.4, -0.2) is 11.2 Å². The van der Waals surface area contributed by atoms with E-state index in [0.717, 1.165) is 38.2 Å². The predicted octanol–water partition coefficient (Wildman–Crippen LogP) is 5.06. The lowest BCUT2D eigenvalue weighted by Crippen LogP contribution is -2.01. The molecule has 0 fully saturated rings. The lowest BCUT2D eigenvalue weighted by Gasteiger charge is -2.08. The Labute approximate surface area is 132 Å². The van der Waals surface area contributed by atoms with E-state index < -0.39 is 0 Å².